The monoisotopic (exact) mass is 1140 g/mol. The normalized spacial score (nSPS) is 13.3. The predicted molar refractivity (Wildman–Crippen MR) is 375 cm³/mol. The van der Waals surface area contributed by atoms with Crippen molar-refractivity contribution < 1.29 is 0 Å². The van der Waals surface area contributed by atoms with Crippen molar-refractivity contribution in [3.8, 4) is 55.6 Å². The highest BCUT2D eigenvalue weighted by atomic mass is 15.2. The molecule has 0 bridgehead atoms. The van der Waals surface area contributed by atoms with Crippen LogP contribution in [0.5, 0.6) is 0 Å². The average molecular weight is 1140 g/mol. The van der Waals surface area contributed by atoms with Crippen LogP contribution < -0.4 is 9.80 Å². The molecule has 15 aromatic rings. The molecule has 18 rings (SSSR count). The number of rotatable bonds is 10. The van der Waals surface area contributed by atoms with Gasteiger partial charge in [-0.05, 0) is 194 Å². The van der Waals surface area contributed by atoms with Gasteiger partial charge in [0.25, 0.3) is 0 Å². The van der Waals surface area contributed by atoms with E-state index in [4.69, 9.17) is 0 Å². The van der Waals surface area contributed by atoms with E-state index >= 15 is 0 Å². The van der Waals surface area contributed by atoms with Crippen LogP contribution in [0.4, 0.5) is 34.1 Å². The van der Waals surface area contributed by atoms with E-state index in [1.54, 1.807) is 0 Å². The predicted octanol–water partition coefficient (Wildman–Crippen LogP) is 23.0. The third kappa shape index (κ3) is 7.52. The quantitative estimate of drug-likeness (QED) is 0.126. The molecule has 0 saturated heterocycles. The highest BCUT2D eigenvalue weighted by Crippen LogP contribution is 2.64. The fourth-order valence-corrected chi connectivity index (χ4v) is 16.1. The molecule has 0 fully saturated rings. The van der Waals surface area contributed by atoms with Crippen molar-refractivity contribution in [1.82, 2.24) is 0 Å². The van der Waals surface area contributed by atoms with E-state index in [-0.39, 0.29) is 0 Å². The zero-order valence-corrected chi connectivity index (χ0v) is 49.4. The van der Waals surface area contributed by atoms with Crippen molar-refractivity contribution in [2.24, 2.45) is 0 Å². The zero-order valence-electron chi connectivity index (χ0n) is 49.4. The van der Waals surface area contributed by atoms with Crippen LogP contribution in [0.15, 0.2) is 352 Å². The summed E-state index contributed by atoms with van der Waals surface area (Å²) in [5.74, 6) is 0. The number of hydrogen-bond acceptors (Lipinski definition) is 2. The Hall–Kier alpha value is -11.6. The summed E-state index contributed by atoms with van der Waals surface area (Å²) in [5, 5.41) is 4.97. The standard InChI is InChI=1S/C88H58N2/c1-5-25-59(26-6-1)85-75-37-13-15-39-77(75)86(78-40-16-14-38-76(78)85)60-45-47-64(48-46-60)89(63-31-11-4-12-32-63)65-49-51-66(52-50-65)90(67-53-55-73-71-35-17-21-41-79(71)87(83(73)57-67,61-27-7-2-8-28-61)62-29-9-3-10-30-62)68-54-56-74-72-36-20-24-44-82(72)88(84(74)58-68)80-42-22-18-33-69(80)70-34-19-23-43-81(70)88/h1-58H. The highest BCUT2D eigenvalue weighted by Gasteiger charge is 2.52. The molecule has 15 aromatic carbocycles. The second-order valence-electron chi connectivity index (χ2n) is 24.2. The first-order valence-corrected chi connectivity index (χ1v) is 31.3. The van der Waals surface area contributed by atoms with Gasteiger partial charge >= 0.3 is 0 Å². The number of hydrogen-bond donors (Lipinski definition) is 0. The van der Waals surface area contributed by atoms with Crippen LogP contribution >= 0.6 is 0 Å². The van der Waals surface area contributed by atoms with Gasteiger partial charge < -0.3 is 9.80 Å². The minimum absolute atomic E-state index is 0.516. The van der Waals surface area contributed by atoms with Gasteiger partial charge in [0.05, 0.1) is 10.8 Å². The molecule has 3 aliphatic rings. The number of nitrogens with zero attached hydrogens (tertiary/aromatic N) is 2. The molecule has 3 aliphatic carbocycles. The minimum atomic E-state index is -0.585. The first-order chi connectivity index (χ1) is 44.7. The van der Waals surface area contributed by atoms with E-state index in [9.17, 15) is 0 Å². The number of anilines is 6. The maximum absolute atomic E-state index is 2.52. The van der Waals surface area contributed by atoms with Crippen LogP contribution in [0.3, 0.4) is 0 Å². The molecule has 420 valence electrons. The van der Waals surface area contributed by atoms with Crippen LogP contribution in [0, 0.1) is 0 Å². The summed E-state index contributed by atoms with van der Waals surface area (Å²) in [4.78, 5) is 4.90. The van der Waals surface area contributed by atoms with Crippen molar-refractivity contribution in [2.45, 2.75) is 10.8 Å². The average Bonchev–Trinajstić information content (AvgIpc) is 1.53. The lowest BCUT2D eigenvalue weighted by molar-refractivity contribution is 0.768. The summed E-state index contributed by atoms with van der Waals surface area (Å²) in [6.07, 6.45) is 0. The Balaban J connectivity index is 0.821. The zero-order chi connectivity index (χ0) is 59.3. The summed E-state index contributed by atoms with van der Waals surface area (Å²) in [6, 6.07) is 131. The summed E-state index contributed by atoms with van der Waals surface area (Å²) < 4.78 is 0. The van der Waals surface area contributed by atoms with Gasteiger partial charge in [0.2, 0.25) is 0 Å². The summed E-state index contributed by atoms with van der Waals surface area (Å²) in [6.45, 7) is 0. The fourth-order valence-electron chi connectivity index (χ4n) is 16.1. The van der Waals surface area contributed by atoms with Gasteiger partial charge in [0.15, 0.2) is 0 Å². The van der Waals surface area contributed by atoms with Crippen LogP contribution in [0.1, 0.15) is 44.5 Å². The van der Waals surface area contributed by atoms with E-state index in [1.165, 1.54) is 122 Å². The Bertz CT molecular complexity index is 5020. The second-order valence-corrected chi connectivity index (χ2v) is 24.2. The van der Waals surface area contributed by atoms with Crippen LogP contribution in [0.2, 0.25) is 0 Å². The van der Waals surface area contributed by atoms with Gasteiger partial charge in [-0.2, -0.15) is 0 Å². The lowest BCUT2D eigenvalue weighted by atomic mass is 9.67. The maximum Gasteiger partial charge on any atom is 0.0726 e. The summed E-state index contributed by atoms with van der Waals surface area (Å²) >= 11 is 0. The Morgan fingerprint density at radius 1 is 0.178 bits per heavy atom. The molecule has 0 aromatic heterocycles. The molecule has 0 heterocycles. The Morgan fingerprint density at radius 2 is 0.444 bits per heavy atom. The first-order valence-electron chi connectivity index (χ1n) is 31.3. The Kier molecular flexibility index (Phi) is 11.8. The van der Waals surface area contributed by atoms with Gasteiger partial charge in [-0.1, -0.05) is 279 Å². The van der Waals surface area contributed by atoms with E-state index in [0.29, 0.717) is 0 Å². The Labute approximate surface area is 525 Å². The molecule has 0 unspecified atom stereocenters. The summed E-state index contributed by atoms with van der Waals surface area (Å²) in [5.41, 5.74) is 28.2. The van der Waals surface area contributed by atoms with Crippen molar-refractivity contribution in [1.29, 1.82) is 0 Å². The van der Waals surface area contributed by atoms with Gasteiger partial charge in [-0.3, -0.25) is 0 Å². The third-order valence-electron chi connectivity index (χ3n) is 19.7. The molecule has 0 aliphatic heterocycles. The molecule has 0 N–H and O–H groups in total. The molecule has 0 saturated carbocycles. The van der Waals surface area contributed by atoms with Crippen LogP contribution in [-0.2, 0) is 10.8 Å². The maximum atomic E-state index is 2.52. The molecule has 0 radical (unpaired) electrons. The fraction of sp³-hybridized carbons (Fsp3) is 0.0227. The van der Waals surface area contributed by atoms with Crippen LogP contribution in [-0.4, -0.2) is 0 Å². The molecule has 0 atom stereocenters. The van der Waals surface area contributed by atoms with Crippen molar-refractivity contribution in [3.63, 3.8) is 0 Å². The molecule has 90 heavy (non-hydrogen) atoms. The third-order valence-corrected chi connectivity index (χ3v) is 19.7. The van der Waals surface area contributed by atoms with E-state index in [1.807, 2.05) is 0 Å². The molecular formula is C88H58N2. The highest BCUT2D eigenvalue weighted by molar-refractivity contribution is 6.21. The van der Waals surface area contributed by atoms with E-state index in [2.05, 4.69) is 362 Å². The molecular weight excluding hydrogens is 1080 g/mol. The van der Waals surface area contributed by atoms with Crippen molar-refractivity contribution in [3.05, 3.63) is 396 Å². The number of para-hydroxylation sites is 1. The van der Waals surface area contributed by atoms with E-state index < -0.39 is 10.8 Å². The lowest BCUT2D eigenvalue weighted by Crippen LogP contribution is -2.28. The first kappa shape index (κ1) is 51.6. The topological polar surface area (TPSA) is 6.48 Å². The number of fused-ring (bicyclic) bond motifs is 15. The second kappa shape index (κ2) is 20.5. The lowest BCUT2D eigenvalue weighted by Gasteiger charge is -2.35. The van der Waals surface area contributed by atoms with Gasteiger partial charge in [-0.25, -0.2) is 0 Å². The van der Waals surface area contributed by atoms with Gasteiger partial charge in [-0.15, -0.1) is 0 Å². The smallest absolute Gasteiger partial charge is 0.0726 e. The molecule has 2 nitrogen and oxygen atoms in total. The number of benzene rings is 15. The SMILES string of the molecule is c1ccc(-c2c3ccccc3c(-c3ccc(N(c4ccccc4)c4ccc(N(c5ccc6c(c5)C(c5ccccc5)(c5ccccc5)c5ccccc5-6)c5ccc6c(c5)C5(c7ccccc7-c7ccccc75)c5ccccc5-6)cc4)cc3)c3ccccc23)cc1. The van der Waals surface area contributed by atoms with E-state index in [0.717, 1.165) is 34.1 Å². The molecule has 2 heteroatoms. The van der Waals surface area contributed by atoms with Gasteiger partial charge in [0, 0.05) is 34.1 Å². The van der Waals surface area contributed by atoms with Crippen molar-refractivity contribution in [2.75, 3.05) is 9.80 Å². The van der Waals surface area contributed by atoms with Crippen LogP contribution in [0.25, 0.3) is 77.2 Å². The largest absolute Gasteiger partial charge is 0.311 e. The Morgan fingerprint density at radius 3 is 0.856 bits per heavy atom. The van der Waals surface area contributed by atoms with Crippen molar-refractivity contribution >= 4 is 55.7 Å². The minimum Gasteiger partial charge on any atom is -0.311 e. The molecule has 0 amide bonds. The van der Waals surface area contributed by atoms with Gasteiger partial charge in [0.1, 0.15) is 0 Å². The summed E-state index contributed by atoms with van der Waals surface area (Å²) in [7, 11) is 0. The molecule has 1 spiro atoms.